The molecule has 4 rings (SSSR count). The average Bonchev–Trinajstić information content (AvgIpc) is 3.13. The van der Waals surface area contributed by atoms with E-state index in [4.69, 9.17) is 4.74 Å². The van der Waals surface area contributed by atoms with Crippen LogP contribution in [-0.4, -0.2) is 12.6 Å². The van der Waals surface area contributed by atoms with Gasteiger partial charge in [0, 0.05) is 11.5 Å². The van der Waals surface area contributed by atoms with Gasteiger partial charge in [0.2, 0.25) is 0 Å². The molecule has 0 saturated heterocycles. The summed E-state index contributed by atoms with van der Waals surface area (Å²) in [6.45, 7) is 0.152. The first-order valence-electron chi connectivity index (χ1n) is 8.95. The Balaban J connectivity index is 1.35. The highest BCUT2D eigenvalue weighted by molar-refractivity contribution is 5.93. The second-order valence-corrected chi connectivity index (χ2v) is 6.52. The van der Waals surface area contributed by atoms with Crippen molar-refractivity contribution in [2.75, 3.05) is 6.73 Å². The van der Waals surface area contributed by atoms with Crippen LogP contribution in [0, 0.1) is 0 Å². The quantitative estimate of drug-likeness (QED) is 0.691. The number of ether oxygens (including phenoxy) is 1. The maximum Gasteiger partial charge on any atom is 0.253 e. The van der Waals surface area contributed by atoms with E-state index in [9.17, 15) is 4.79 Å². The summed E-state index contributed by atoms with van der Waals surface area (Å²) in [7, 11) is 0. The van der Waals surface area contributed by atoms with Gasteiger partial charge in [0.15, 0.2) is 6.73 Å². The van der Waals surface area contributed by atoms with Gasteiger partial charge in [0.25, 0.3) is 5.91 Å². The van der Waals surface area contributed by atoms with Gasteiger partial charge in [-0.15, -0.1) is 0 Å². The van der Waals surface area contributed by atoms with Crippen LogP contribution in [0.5, 0.6) is 5.75 Å². The van der Waals surface area contributed by atoms with Gasteiger partial charge in [0.1, 0.15) is 5.75 Å². The van der Waals surface area contributed by atoms with E-state index >= 15 is 0 Å². The summed E-state index contributed by atoms with van der Waals surface area (Å²) in [4.78, 5) is 12.0. The predicted octanol–water partition coefficient (Wildman–Crippen LogP) is 4.53. The van der Waals surface area contributed by atoms with E-state index in [-0.39, 0.29) is 12.6 Å². The van der Waals surface area contributed by atoms with Gasteiger partial charge in [-0.2, -0.15) is 0 Å². The standard InChI is InChI=1S/C23H21NO2/c25-23(19-7-2-1-3-8-19)24-16-26-20-13-10-18(11-14-20)22-15-12-17-6-4-5-9-21(17)22/h1-11,13-14,22H,12,15-16H2,(H,24,25). The Morgan fingerprint density at radius 3 is 2.46 bits per heavy atom. The summed E-state index contributed by atoms with van der Waals surface area (Å²) in [6, 6.07) is 26.0. The second kappa shape index (κ2) is 7.44. The first-order valence-corrected chi connectivity index (χ1v) is 8.95. The highest BCUT2D eigenvalue weighted by Gasteiger charge is 2.23. The Bertz CT molecular complexity index is 888. The van der Waals surface area contributed by atoms with Crippen LogP contribution in [0.25, 0.3) is 0 Å². The van der Waals surface area contributed by atoms with Gasteiger partial charge in [-0.25, -0.2) is 0 Å². The van der Waals surface area contributed by atoms with E-state index in [1.54, 1.807) is 12.1 Å². The van der Waals surface area contributed by atoms with Gasteiger partial charge in [-0.05, 0) is 53.8 Å². The van der Waals surface area contributed by atoms with Crippen molar-refractivity contribution >= 4 is 5.91 Å². The molecule has 0 fully saturated rings. The zero-order valence-corrected chi connectivity index (χ0v) is 14.5. The molecule has 0 saturated carbocycles. The molecule has 1 amide bonds. The Morgan fingerprint density at radius 1 is 0.923 bits per heavy atom. The van der Waals surface area contributed by atoms with Gasteiger partial charge in [-0.1, -0.05) is 54.6 Å². The molecule has 0 bridgehead atoms. The van der Waals surface area contributed by atoms with E-state index in [1.807, 2.05) is 30.3 Å². The molecule has 1 aliphatic rings. The van der Waals surface area contributed by atoms with Crippen LogP contribution >= 0.6 is 0 Å². The van der Waals surface area contributed by atoms with Crippen LogP contribution in [0.15, 0.2) is 78.9 Å². The van der Waals surface area contributed by atoms with Crippen LogP contribution < -0.4 is 10.1 Å². The Kier molecular flexibility index (Phi) is 4.69. The molecule has 130 valence electrons. The highest BCUT2D eigenvalue weighted by Crippen LogP contribution is 2.38. The van der Waals surface area contributed by atoms with E-state index in [2.05, 4.69) is 41.7 Å². The van der Waals surface area contributed by atoms with Crippen LogP contribution in [0.2, 0.25) is 0 Å². The third-order valence-electron chi connectivity index (χ3n) is 4.92. The minimum absolute atomic E-state index is 0.134. The maximum absolute atomic E-state index is 12.0. The molecule has 0 radical (unpaired) electrons. The summed E-state index contributed by atoms with van der Waals surface area (Å²) in [5, 5.41) is 2.77. The van der Waals surface area contributed by atoms with E-state index in [0.717, 1.165) is 18.6 Å². The SMILES string of the molecule is O=C(NCOc1ccc(C2CCc3ccccc32)cc1)c1ccccc1. The number of hydrogen-bond donors (Lipinski definition) is 1. The van der Waals surface area contributed by atoms with Crippen molar-refractivity contribution in [1.29, 1.82) is 0 Å². The lowest BCUT2D eigenvalue weighted by molar-refractivity contribution is 0.0919. The summed E-state index contributed by atoms with van der Waals surface area (Å²) >= 11 is 0. The van der Waals surface area contributed by atoms with Gasteiger partial charge in [0.05, 0.1) is 0 Å². The van der Waals surface area contributed by atoms with Crippen molar-refractivity contribution in [3.05, 3.63) is 101 Å². The Labute approximate surface area is 153 Å². The maximum atomic E-state index is 12.0. The van der Waals surface area contributed by atoms with E-state index in [0.29, 0.717) is 11.5 Å². The Morgan fingerprint density at radius 2 is 1.65 bits per heavy atom. The van der Waals surface area contributed by atoms with Crippen molar-refractivity contribution in [3.8, 4) is 5.75 Å². The monoisotopic (exact) mass is 343 g/mol. The van der Waals surface area contributed by atoms with Crippen molar-refractivity contribution in [1.82, 2.24) is 5.32 Å². The molecule has 1 atom stereocenters. The number of hydrogen-bond acceptors (Lipinski definition) is 2. The third-order valence-corrected chi connectivity index (χ3v) is 4.92. The predicted molar refractivity (Wildman–Crippen MR) is 102 cm³/mol. The minimum atomic E-state index is -0.134. The van der Waals surface area contributed by atoms with Crippen LogP contribution in [0.3, 0.4) is 0 Å². The average molecular weight is 343 g/mol. The van der Waals surface area contributed by atoms with Gasteiger partial charge in [-0.3, -0.25) is 4.79 Å². The number of carbonyl (C=O) groups excluding carboxylic acids is 1. The van der Waals surface area contributed by atoms with Gasteiger partial charge < -0.3 is 10.1 Å². The lowest BCUT2D eigenvalue weighted by Gasteiger charge is -2.13. The first-order chi connectivity index (χ1) is 12.8. The zero-order valence-electron chi connectivity index (χ0n) is 14.5. The molecular weight excluding hydrogens is 322 g/mol. The molecule has 3 nitrogen and oxygen atoms in total. The number of fused-ring (bicyclic) bond motifs is 1. The van der Waals surface area contributed by atoms with Crippen LogP contribution in [0.1, 0.15) is 39.4 Å². The van der Waals surface area contributed by atoms with Crippen LogP contribution in [-0.2, 0) is 6.42 Å². The molecule has 1 unspecified atom stereocenters. The summed E-state index contributed by atoms with van der Waals surface area (Å²) in [5.74, 6) is 1.09. The molecule has 3 heteroatoms. The topological polar surface area (TPSA) is 38.3 Å². The molecule has 3 aromatic rings. The summed E-state index contributed by atoms with van der Waals surface area (Å²) in [6.07, 6.45) is 2.30. The lowest BCUT2D eigenvalue weighted by atomic mass is 9.93. The normalized spacial score (nSPS) is 15.3. The molecule has 3 aromatic carbocycles. The fourth-order valence-corrected chi connectivity index (χ4v) is 3.58. The number of rotatable bonds is 5. The Hall–Kier alpha value is -3.07. The zero-order chi connectivity index (χ0) is 17.8. The summed E-state index contributed by atoms with van der Waals surface area (Å²) in [5.41, 5.74) is 4.85. The molecule has 0 heterocycles. The first kappa shape index (κ1) is 16.4. The number of carbonyl (C=O) groups is 1. The highest BCUT2D eigenvalue weighted by atomic mass is 16.5. The summed E-state index contributed by atoms with van der Waals surface area (Å²) < 4.78 is 5.65. The number of aryl methyl sites for hydroxylation is 1. The number of nitrogens with one attached hydrogen (secondary N) is 1. The van der Waals surface area contributed by atoms with Crippen molar-refractivity contribution < 1.29 is 9.53 Å². The molecule has 0 aromatic heterocycles. The van der Waals surface area contributed by atoms with Gasteiger partial charge >= 0.3 is 0 Å². The third kappa shape index (κ3) is 3.47. The van der Waals surface area contributed by atoms with Crippen molar-refractivity contribution in [3.63, 3.8) is 0 Å². The smallest absolute Gasteiger partial charge is 0.253 e. The molecule has 1 aliphatic carbocycles. The van der Waals surface area contributed by atoms with Crippen LogP contribution in [0.4, 0.5) is 0 Å². The molecule has 1 N–H and O–H groups in total. The molecule has 26 heavy (non-hydrogen) atoms. The van der Waals surface area contributed by atoms with Crippen molar-refractivity contribution in [2.24, 2.45) is 0 Å². The number of amides is 1. The number of benzene rings is 3. The second-order valence-electron chi connectivity index (χ2n) is 6.52. The minimum Gasteiger partial charge on any atom is -0.473 e. The molecule has 0 spiro atoms. The largest absolute Gasteiger partial charge is 0.473 e. The molecule has 0 aliphatic heterocycles. The fourth-order valence-electron chi connectivity index (χ4n) is 3.58. The molecular formula is C23H21NO2. The lowest BCUT2D eigenvalue weighted by Crippen LogP contribution is -2.27. The van der Waals surface area contributed by atoms with Crippen molar-refractivity contribution in [2.45, 2.75) is 18.8 Å². The fraction of sp³-hybridized carbons (Fsp3) is 0.174. The van der Waals surface area contributed by atoms with E-state index < -0.39 is 0 Å². The van der Waals surface area contributed by atoms with E-state index in [1.165, 1.54) is 16.7 Å².